The number of carbonyl (C=O) groups is 1. The first kappa shape index (κ1) is 18.7. The summed E-state index contributed by atoms with van der Waals surface area (Å²) in [4.78, 5) is 17.3. The van der Waals surface area contributed by atoms with Crippen molar-refractivity contribution in [2.75, 3.05) is 51.1 Å². The molecule has 26 heavy (non-hydrogen) atoms. The molecule has 2 aromatic rings. The lowest BCUT2D eigenvalue weighted by atomic mass is 10.1. The fraction of sp³-hybridized carbons (Fsp3) is 0.476. The third kappa shape index (κ3) is 4.96. The fourth-order valence-corrected chi connectivity index (χ4v) is 3.56. The number of piperazine rings is 1. The minimum Gasteiger partial charge on any atom is -0.338 e. The van der Waals surface area contributed by atoms with Gasteiger partial charge in [-0.25, -0.2) is 4.79 Å². The Morgan fingerprint density at radius 2 is 1.73 bits per heavy atom. The van der Waals surface area contributed by atoms with E-state index in [1.165, 1.54) is 0 Å². The second-order valence-corrected chi connectivity index (χ2v) is 7.20. The molecule has 0 radical (unpaired) electrons. The zero-order valence-electron chi connectivity index (χ0n) is 15.9. The molecule has 1 aliphatic heterocycles. The highest BCUT2D eigenvalue weighted by atomic mass is 16.2. The first-order chi connectivity index (χ1) is 12.7. The van der Waals surface area contributed by atoms with Gasteiger partial charge in [0.15, 0.2) is 0 Å². The highest BCUT2D eigenvalue weighted by molar-refractivity contribution is 6.01. The highest BCUT2D eigenvalue weighted by Crippen LogP contribution is 2.22. The van der Waals surface area contributed by atoms with Crippen molar-refractivity contribution < 1.29 is 4.79 Å². The molecule has 1 unspecified atom stereocenters. The first-order valence-corrected chi connectivity index (χ1v) is 9.63. The van der Waals surface area contributed by atoms with Crippen LogP contribution in [0.1, 0.15) is 13.8 Å². The van der Waals surface area contributed by atoms with Crippen LogP contribution >= 0.6 is 0 Å². The number of carbonyl (C=O) groups excluding carboxylic acids is 1. The van der Waals surface area contributed by atoms with Crippen molar-refractivity contribution in [3.63, 3.8) is 0 Å². The molecule has 0 spiro atoms. The van der Waals surface area contributed by atoms with Crippen LogP contribution in [-0.2, 0) is 0 Å². The van der Waals surface area contributed by atoms with Crippen LogP contribution in [0.3, 0.4) is 0 Å². The van der Waals surface area contributed by atoms with Crippen LogP contribution in [0, 0.1) is 5.92 Å². The summed E-state index contributed by atoms with van der Waals surface area (Å²) in [6, 6.07) is 13.9. The van der Waals surface area contributed by atoms with Crippen LogP contribution < -0.4 is 10.6 Å². The third-order valence-corrected chi connectivity index (χ3v) is 5.13. The van der Waals surface area contributed by atoms with Crippen LogP contribution in [0.5, 0.6) is 0 Å². The zero-order valence-corrected chi connectivity index (χ0v) is 15.9. The number of fused-ring (bicyclic) bond motifs is 1. The van der Waals surface area contributed by atoms with Crippen molar-refractivity contribution in [3.8, 4) is 0 Å². The second kappa shape index (κ2) is 9.01. The molecule has 1 aliphatic rings. The summed E-state index contributed by atoms with van der Waals surface area (Å²) in [5.74, 6) is 0.432. The van der Waals surface area contributed by atoms with E-state index in [4.69, 9.17) is 0 Å². The fourth-order valence-electron chi connectivity index (χ4n) is 3.56. The summed E-state index contributed by atoms with van der Waals surface area (Å²) in [5.41, 5.74) is 0.851. The molecule has 2 N–H and O–H groups in total. The standard InChI is InChI=1S/C21H30N4O/c1-3-24-11-13-25(14-12-24)16-17(2)15-22-21(26)23-20-10-6-8-18-7-4-5-9-19(18)20/h4-10,17H,3,11-16H2,1-2H3,(H2,22,23,26). The van der Waals surface area contributed by atoms with Gasteiger partial charge in [0.1, 0.15) is 0 Å². The SMILES string of the molecule is CCN1CCN(CC(C)CNC(=O)Nc2cccc3ccccc23)CC1. The van der Waals surface area contributed by atoms with E-state index >= 15 is 0 Å². The first-order valence-electron chi connectivity index (χ1n) is 9.63. The third-order valence-electron chi connectivity index (χ3n) is 5.13. The molecule has 0 aliphatic carbocycles. The Labute approximate surface area is 156 Å². The molecular formula is C21H30N4O. The number of likely N-dealkylation sites (N-methyl/N-ethyl adjacent to an activating group) is 1. The van der Waals surface area contributed by atoms with Gasteiger partial charge in [-0.1, -0.05) is 50.2 Å². The molecule has 0 saturated carbocycles. The summed E-state index contributed by atoms with van der Waals surface area (Å²) < 4.78 is 0. The molecule has 3 rings (SSSR count). The van der Waals surface area contributed by atoms with Crippen LogP contribution in [-0.4, -0.2) is 61.6 Å². The summed E-state index contributed by atoms with van der Waals surface area (Å²) in [6.45, 7) is 11.8. The van der Waals surface area contributed by atoms with E-state index in [1.807, 2.05) is 30.3 Å². The van der Waals surface area contributed by atoms with E-state index < -0.39 is 0 Å². The predicted molar refractivity (Wildman–Crippen MR) is 109 cm³/mol. The van der Waals surface area contributed by atoms with E-state index in [1.54, 1.807) is 0 Å². The van der Waals surface area contributed by atoms with Gasteiger partial charge in [0, 0.05) is 44.7 Å². The van der Waals surface area contributed by atoms with Gasteiger partial charge in [0.2, 0.25) is 0 Å². The van der Waals surface area contributed by atoms with Crippen LogP contribution in [0.2, 0.25) is 0 Å². The normalized spacial score (nSPS) is 17.2. The molecule has 5 heteroatoms. The van der Waals surface area contributed by atoms with E-state index in [0.29, 0.717) is 12.5 Å². The lowest BCUT2D eigenvalue weighted by Gasteiger charge is -2.35. The smallest absolute Gasteiger partial charge is 0.319 e. The van der Waals surface area contributed by atoms with Gasteiger partial charge in [0.25, 0.3) is 0 Å². The second-order valence-electron chi connectivity index (χ2n) is 7.20. The summed E-state index contributed by atoms with van der Waals surface area (Å²) >= 11 is 0. The van der Waals surface area contributed by atoms with Crippen LogP contribution in [0.4, 0.5) is 10.5 Å². The van der Waals surface area contributed by atoms with Gasteiger partial charge in [-0.05, 0) is 23.9 Å². The Bertz CT molecular complexity index is 720. The van der Waals surface area contributed by atoms with E-state index in [2.05, 4.69) is 46.4 Å². The van der Waals surface area contributed by atoms with Crippen molar-refractivity contribution >= 4 is 22.5 Å². The van der Waals surface area contributed by atoms with Gasteiger partial charge in [-0.2, -0.15) is 0 Å². The molecule has 140 valence electrons. The predicted octanol–water partition coefficient (Wildman–Crippen LogP) is 3.23. The Morgan fingerprint density at radius 3 is 2.50 bits per heavy atom. The molecule has 2 amide bonds. The van der Waals surface area contributed by atoms with Crippen molar-refractivity contribution in [2.24, 2.45) is 5.92 Å². The molecule has 2 aromatic carbocycles. The highest BCUT2D eigenvalue weighted by Gasteiger charge is 2.17. The lowest BCUT2D eigenvalue weighted by Crippen LogP contribution is -2.48. The quantitative estimate of drug-likeness (QED) is 0.837. The molecule has 1 saturated heterocycles. The molecule has 1 fully saturated rings. The molecule has 1 atom stereocenters. The van der Waals surface area contributed by atoms with Crippen molar-refractivity contribution in [2.45, 2.75) is 13.8 Å². The van der Waals surface area contributed by atoms with Gasteiger partial charge in [0.05, 0.1) is 5.69 Å². The summed E-state index contributed by atoms with van der Waals surface area (Å²) in [5, 5.41) is 8.20. The minimum atomic E-state index is -0.135. The Kier molecular flexibility index (Phi) is 6.47. The number of rotatable bonds is 6. The maximum atomic E-state index is 12.3. The molecule has 1 heterocycles. The Hall–Kier alpha value is -2.11. The number of anilines is 1. The van der Waals surface area contributed by atoms with E-state index in [-0.39, 0.29) is 6.03 Å². The number of nitrogens with one attached hydrogen (secondary N) is 2. The minimum absolute atomic E-state index is 0.135. The summed E-state index contributed by atoms with van der Waals surface area (Å²) in [7, 11) is 0. The molecular weight excluding hydrogens is 324 g/mol. The van der Waals surface area contributed by atoms with Crippen LogP contribution in [0.25, 0.3) is 10.8 Å². The van der Waals surface area contributed by atoms with Gasteiger partial charge >= 0.3 is 6.03 Å². The average molecular weight is 354 g/mol. The number of nitrogens with zero attached hydrogens (tertiary/aromatic N) is 2. The number of benzene rings is 2. The number of urea groups is 1. The Balaban J connectivity index is 1.45. The Morgan fingerprint density at radius 1 is 1.04 bits per heavy atom. The van der Waals surface area contributed by atoms with Gasteiger partial charge < -0.3 is 20.4 Å². The maximum Gasteiger partial charge on any atom is 0.319 e. The lowest BCUT2D eigenvalue weighted by molar-refractivity contribution is 0.124. The average Bonchev–Trinajstić information content (AvgIpc) is 2.67. The topological polar surface area (TPSA) is 47.6 Å². The number of amides is 2. The van der Waals surface area contributed by atoms with Gasteiger partial charge in [-0.3, -0.25) is 0 Å². The molecule has 0 aromatic heterocycles. The molecule has 5 nitrogen and oxygen atoms in total. The van der Waals surface area contributed by atoms with Gasteiger partial charge in [-0.15, -0.1) is 0 Å². The van der Waals surface area contributed by atoms with E-state index in [9.17, 15) is 4.79 Å². The van der Waals surface area contributed by atoms with Crippen molar-refractivity contribution in [1.82, 2.24) is 15.1 Å². The largest absolute Gasteiger partial charge is 0.338 e. The number of hydrogen-bond donors (Lipinski definition) is 2. The maximum absolute atomic E-state index is 12.3. The monoisotopic (exact) mass is 354 g/mol. The molecule has 0 bridgehead atoms. The number of hydrogen-bond acceptors (Lipinski definition) is 3. The van der Waals surface area contributed by atoms with Crippen molar-refractivity contribution in [3.05, 3.63) is 42.5 Å². The zero-order chi connectivity index (χ0) is 18.4. The summed E-state index contributed by atoms with van der Waals surface area (Å²) in [6.07, 6.45) is 0. The van der Waals surface area contributed by atoms with Crippen LogP contribution in [0.15, 0.2) is 42.5 Å². The van der Waals surface area contributed by atoms with Crippen molar-refractivity contribution in [1.29, 1.82) is 0 Å². The van der Waals surface area contributed by atoms with E-state index in [0.717, 1.165) is 55.7 Å².